The van der Waals surface area contributed by atoms with E-state index < -0.39 is 0 Å². The Morgan fingerprint density at radius 2 is 2.37 bits per heavy atom. The van der Waals surface area contributed by atoms with Gasteiger partial charge in [-0.1, -0.05) is 6.07 Å². The monoisotopic (exact) mass is 275 g/mol. The van der Waals surface area contributed by atoms with Gasteiger partial charge < -0.3 is 5.11 Å². The van der Waals surface area contributed by atoms with Crippen LogP contribution in [0.2, 0.25) is 0 Å². The van der Waals surface area contributed by atoms with E-state index >= 15 is 0 Å². The molecule has 100 valence electrons. The summed E-state index contributed by atoms with van der Waals surface area (Å²) >= 11 is 1.63. The molecule has 0 aliphatic carbocycles. The Hall–Kier alpha value is -1.30. The molecule has 1 aliphatic rings. The maximum absolute atomic E-state index is 9.33. The minimum absolute atomic E-state index is 0.247. The van der Waals surface area contributed by atoms with Gasteiger partial charge in [-0.15, -0.1) is 11.3 Å². The van der Waals surface area contributed by atoms with Crippen LogP contribution in [0.3, 0.4) is 0 Å². The lowest BCUT2D eigenvalue weighted by Crippen LogP contribution is -2.31. The van der Waals surface area contributed by atoms with E-state index in [1.165, 1.54) is 6.42 Å². The standard InChI is InChI=1S/C14H17N3OS/c18-9-12-4-3-7-17(12)8-11-10-19-14(16-11)13-5-1-2-6-15-13/h1-2,5-6,10,12,18H,3-4,7-9H2/t12-/m0/s1. The van der Waals surface area contributed by atoms with E-state index in [-0.39, 0.29) is 6.61 Å². The van der Waals surface area contributed by atoms with Crippen LogP contribution in [0.15, 0.2) is 29.8 Å². The van der Waals surface area contributed by atoms with Crippen molar-refractivity contribution in [1.82, 2.24) is 14.9 Å². The minimum atomic E-state index is 0.247. The van der Waals surface area contributed by atoms with E-state index in [1.807, 2.05) is 18.2 Å². The molecule has 0 unspecified atom stereocenters. The van der Waals surface area contributed by atoms with Crippen LogP contribution in [-0.4, -0.2) is 39.2 Å². The SMILES string of the molecule is OC[C@@H]1CCCN1Cc1csc(-c2ccccn2)n1. The van der Waals surface area contributed by atoms with Crippen molar-refractivity contribution in [2.45, 2.75) is 25.4 Å². The second-order valence-electron chi connectivity index (χ2n) is 4.81. The van der Waals surface area contributed by atoms with Gasteiger partial charge in [0.2, 0.25) is 0 Å². The van der Waals surface area contributed by atoms with Crippen LogP contribution < -0.4 is 0 Å². The largest absolute Gasteiger partial charge is 0.395 e. The van der Waals surface area contributed by atoms with Crippen molar-refractivity contribution < 1.29 is 5.11 Å². The van der Waals surface area contributed by atoms with E-state index in [0.29, 0.717) is 6.04 Å². The van der Waals surface area contributed by atoms with E-state index in [0.717, 1.165) is 35.9 Å². The Bertz CT molecular complexity index is 528. The minimum Gasteiger partial charge on any atom is -0.395 e. The molecule has 19 heavy (non-hydrogen) atoms. The van der Waals surface area contributed by atoms with Crippen molar-refractivity contribution in [3.63, 3.8) is 0 Å². The lowest BCUT2D eigenvalue weighted by Gasteiger charge is -2.21. The molecule has 0 saturated carbocycles. The van der Waals surface area contributed by atoms with Gasteiger partial charge in [0.25, 0.3) is 0 Å². The summed E-state index contributed by atoms with van der Waals surface area (Å²) in [5.74, 6) is 0. The number of pyridine rings is 1. The molecule has 1 aliphatic heterocycles. The van der Waals surface area contributed by atoms with Crippen molar-refractivity contribution >= 4 is 11.3 Å². The topological polar surface area (TPSA) is 49.2 Å². The van der Waals surface area contributed by atoms with E-state index in [9.17, 15) is 5.11 Å². The molecule has 1 atom stereocenters. The van der Waals surface area contributed by atoms with Gasteiger partial charge in [-0.2, -0.15) is 0 Å². The molecule has 5 heteroatoms. The Morgan fingerprint density at radius 3 is 3.16 bits per heavy atom. The third kappa shape index (κ3) is 2.83. The lowest BCUT2D eigenvalue weighted by molar-refractivity contribution is 0.152. The second-order valence-corrected chi connectivity index (χ2v) is 5.67. The average molecular weight is 275 g/mol. The Kier molecular flexibility index (Phi) is 3.87. The van der Waals surface area contributed by atoms with Gasteiger partial charge in [0.15, 0.2) is 0 Å². The van der Waals surface area contributed by atoms with Crippen molar-refractivity contribution in [3.8, 4) is 10.7 Å². The summed E-state index contributed by atoms with van der Waals surface area (Å²) < 4.78 is 0. The van der Waals surface area contributed by atoms with Gasteiger partial charge in [0.1, 0.15) is 5.01 Å². The van der Waals surface area contributed by atoms with Crippen LogP contribution in [0, 0.1) is 0 Å². The first-order chi connectivity index (χ1) is 9.36. The second kappa shape index (κ2) is 5.77. The summed E-state index contributed by atoms with van der Waals surface area (Å²) in [5, 5.41) is 12.4. The molecule has 1 fully saturated rings. The van der Waals surface area contributed by atoms with Gasteiger partial charge >= 0.3 is 0 Å². The summed E-state index contributed by atoms with van der Waals surface area (Å²) in [4.78, 5) is 11.3. The summed E-state index contributed by atoms with van der Waals surface area (Å²) in [5.41, 5.74) is 2.00. The predicted molar refractivity (Wildman–Crippen MR) is 75.9 cm³/mol. The number of likely N-dealkylation sites (tertiary alicyclic amines) is 1. The van der Waals surface area contributed by atoms with Crippen LogP contribution in [0.25, 0.3) is 10.7 Å². The molecule has 1 saturated heterocycles. The molecule has 1 N–H and O–H groups in total. The van der Waals surface area contributed by atoms with Crippen LogP contribution in [0.4, 0.5) is 0 Å². The molecule has 0 aromatic carbocycles. The molecule has 0 amide bonds. The third-order valence-electron chi connectivity index (χ3n) is 3.51. The quantitative estimate of drug-likeness (QED) is 0.929. The summed E-state index contributed by atoms with van der Waals surface area (Å²) in [6.07, 6.45) is 4.05. The van der Waals surface area contributed by atoms with Crippen LogP contribution in [0.5, 0.6) is 0 Å². The van der Waals surface area contributed by atoms with E-state index in [2.05, 4.69) is 20.2 Å². The number of nitrogens with zero attached hydrogens (tertiary/aromatic N) is 3. The Balaban J connectivity index is 1.72. The van der Waals surface area contributed by atoms with E-state index in [4.69, 9.17) is 0 Å². The molecule has 0 spiro atoms. The first-order valence-electron chi connectivity index (χ1n) is 6.57. The van der Waals surface area contributed by atoms with Crippen molar-refractivity contribution in [2.75, 3.05) is 13.2 Å². The fourth-order valence-electron chi connectivity index (χ4n) is 2.50. The highest BCUT2D eigenvalue weighted by molar-refractivity contribution is 7.13. The van der Waals surface area contributed by atoms with Gasteiger partial charge in [-0.3, -0.25) is 9.88 Å². The number of hydrogen-bond acceptors (Lipinski definition) is 5. The van der Waals surface area contributed by atoms with Crippen molar-refractivity contribution in [3.05, 3.63) is 35.5 Å². The first kappa shape index (κ1) is 12.7. The van der Waals surface area contributed by atoms with Gasteiger partial charge in [-0.25, -0.2) is 4.98 Å². The van der Waals surface area contributed by atoms with E-state index in [1.54, 1.807) is 17.5 Å². The Labute approximate surface area is 116 Å². The lowest BCUT2D eigenvalue weighted by atomic mass is 10.2. The number of thiazole rings is 1. The number of aromatic nitrogens is 2. The van der Waals surface area contributed by atoms with Crippen molar-refractivity contribution in [2.24, 2.45) is 0 Å². The summed E-state index contributed by atoms with van der Waals surface area (Å²) in [7, 11) is 0. The number of hydrogen-bond donors (Lipinski definition) is 1. The molecule has 0 bridgehead atoms. The Morgan fingerprint density at radius 1 is 1.42 bits per heavy atom. The van der Waals surface area contributed by atoms with Crippen LogP contribution >= 0.6 is 11.3 Å². The molecule has 3 heterocycles. The molecule has 0 radical (unpaired) electrons. The highest BCUT2D eigenvalue weighted by atomic mass is 32.1. The maximum atomic E-state index is 9.33. The molecule has 2 aromatic rings. The molecule has 2 aromatic heterocycles. The zero-order chi connectivity index (χ0) is 13.1. The summed E-state index contributed by atoms with van der Waals surface area (Å²) in [6.45, 7) is 2.13. The predicted octanol–water partition coefficient (Wildman–Crippen LogP) is 2.16. The molecular weight excluding hydrogens is 258 g/mol. The number of rotatable bonds is 4. The van der Waals surface area contributed by atoms with Crippen LogP contribution in [0.1, 0.15) is 18.5 Å². The highest BCUT2D eigenvalue weighted by Crippen LogP contribution is 2.24. The van der Waals surface area contributed by atoms with Gasteiger partial charge in [0, 0.05) is 24.2 Å². The highest BCUT2D eigenvalue weighted by Gasteiger charge is 2.24. The third-order valence-corrected chi connectivity index (χ3v) is 4.42. The zero-order valence-electron chi connectivity index (χ0n) is 10.7. The van der Waals surface area contributed by atoms with Gasteiger partial charge in [-0.05, 0) is 31.5 Å². The van der Waals surface area contributed by atoms with Gasteiger partial charge in [0.05, 0.1) is 18.0 Å². The average Bonchev–Trinajstić information content (AvgIpc) is 3.09. The van der Waals surface area contributed by atoms with Crippen molar-refractivity contribution in [1.29, 1.82) is 0 Å². The summed E-state index contributed by atoms with van der Waals surface area (Å²) in [6, 6.07) is 6.18. The van der Waals surface area contributed by atoms with Crippen LogP contribution in [-0.2, 0) is 6.54 Å². The smallest absolute Gasteiger partial charge is 0.142 e. The molecule has 3 rings (SSSR count). The first-order valence-corrected chi connectivity index (χ1v) is 7.45. The normalized spacial score (nSPS) is 19.9. The fourth-order valence-corrected chi connectivity index (χ4v) is 3.29. The molecule has 4 nitrogen and oxygen atoms in total. The number of aliphatic hydroxyl groups excluding tert-OH is 1. The maximum Gasteiger partial charge on any atom is 0.142 e. The fraction of sp³-hybridized carbons (Fsp3) is 0.429. The number of aliphatic hydroxyl groups is 1. The molecular formula is C14H17N3OS. The zero-order valence-corrected chi connectivity index (χ0v) is 11.5.